The predicted octanol–water partition coefficient (Wildman–Crippen LogP) is 0.390. The molecule has 17 heavy (non-hydrogen) atoms. The van der Waals surface area contributed by atoms with Crippen molar-refractivity contribution in [2.45, 2.75) is 12.3 Å². The molecule has 88 valence electrons. The van der Waals surface area contributed by atoms with Crippen molar-refractivity contribution < 1.29 is 14.6 Å². The highest BCUT2D eigenvalue weighted by Crippen LogP contribution is 2.30. The second kappa shape index (κ2) is 3.27. The molecule has 6 heteroatoms. The van der Waals surface area contributed by atoms with Crippen molar-refractivity contribution in [3.63, 3.8) is 0 Å². The lowest BCUT2D eigenvalue weighted by Gasteiger charge is -2.34. The molecule has 1 aliphatic heterocycles. The summed E-state index contributed by atoms with van der Waals surface area (Å²) in [6.07, 6.45) is 0. The maximum atomic E-state index is 11.3. The molecule has 6 nitrogen and oxygen atoms in total. The van der Waals surface area contributed by atoms with Gasteiger partial charge in [-0.3, -0.25) is 4.79 Å². The third-order valence-electron chi connectivity index (χ3n) is 3.08. The zero-order chi connectivity index (χ0) is 12.0. The number of carboxylic acid groups (broad SMARTS) is 1. The summed E-state index contributed by atoms with van der Waals surface area (Å²) >= 11 is 0. The van der Waals surface area contributed by atoms with Crippen LogP contribution in [0, 0.1) is 6.92 Å². The van der Waals surface area contributed by atoms with Gasteiger partial charge in [0.1, 0.15) is 0 Å². The van der Waals surface area contributed by atoms with Crippen molar-refractivity contribution in [3.05, 3.63) is 29.7 Å². The summed E-state index contributed by atoms with van der Waals surface area (Å²) in [6.45, 7) is 2.17. The van der Waals surface area contributed by atoms with Crippen molar-refractivity contribution in [2.75, 3.05) is 13.2 Å². The summed E-state index contributed by atoms with van der Waals surface area (Å²) in [5.74, 6) is -0.608. The van der Waals surface area contributed by atoms with E-state index in [0.29, 0.717) is 11.5 Å². The fourth-order valence-electron chi connectivity index (χ4n) is 1.89. The minimum absolute atomic E-state index is 0.137. The number of aromatic nitrogens is 3. The van der Waals surface area contributed by atoms with Gasteiger partial charge in [0.15, 0.2) is 16.9 Å². The molecule has 1 saturated heterocycles. The molecule has 0 aliphatic carbocycles. The lowest BCUT2D eigenvalue weighted by atomic mass is 9.85. The quantitative estimate of drug-likeness (QED) is 0.812. The molecular weight excluding hydrogens is 222 g/mol. The standard InChI is InChI=1S/C11H11N3O3/c1-7-3-2-4-8-12-9(13-14(7)8)11(10(15)16)5-17-6-11/h2-4H,5-6H2,1H3,(H,15,16). The van der Waals surface area contributed by atoms with Crippen molar-refractivity contribution in [1.29, 1.82) is 0 Å². The van der Waals surface area contributed by atoms with E-state index in [1.165, 1.54) is 0 Å². The molecular formula is C11H11N3O3. The first kappa shape index (κ1) is 10.2. The highest BCUT2D eigenvalue weighted by molar-refractivity contribution is 5.81. The normalized spacial score (nSPS) is 17.9. The van der Waals surface area contributed by atoms with Crippen molar-refractivity contribution in [2.24, 2.45) is 0 Å². The Balaban J connectivity index is 2.18. The molecule has 0 radical (unpaired) electrons. The number of ether oxygens (including phenoxy) is 1. The van der Waals surface area contributed by atoms with E-state index in [0.717, 1.165) is 5.69 Å². The monoisotopic (exact) mass is 233 g/mol. The molecule has 0 saturated carbocycles. The lowest BCUT2D eigenvalue weighted by Crippen LogP contribution is -2.53. The Morgan fingerprint density at radius 1 is 1.53 bits per heavy atom. The fraction of sp³-hybridized carbons (Fsp3) is 0.364. The van der Waals surface area contributed by atoms with E-state index in [1.54, 1.807) is 10.6 Å². The maximum Gasteiger partial charge on any atom is 0.322 e. The Hall–Kier alpha value is -1.95. The SMILES string of the molecule is Cc1cccc2nc(C3(C(=O)O)COC3)nn12. The Morgan fingerprint density at radius 2 is 2.29 bits per heavy atom. The van der Waals surface area contributed by atoms with Gasteiger partial charge in [0, 0.05) is 5.69 Å². The van der Waals surface area contributed by atoms with Gasteiger partial charge in [0.25, 0.3) is 0 Å². The number of aryl methyl sites for hydroxylation is 1. The zero-order valence-electron chi connectivity index (χ0n) is 9.25. The summed E-state index contributed by atoms with van der Waals surface area (Å²) in [5, 5.41) is 13.5. The smallest absolute Gasteiger partial charge is 0.322 e. The topological polar surface area (TPSA) is 76.7 Å². The minimum Gasteiger partial charge on any atom is -0.480 e. The highest BCUT2D eigenvalue weighted by atomic mass is 16.5. The predicted molar refractivity (Wildman–Crippen MR) is 57.9 cm³/mol. The van der Waals surface area contributed by atoms with E-state index >= 15 is 0 Å². The first-order chi connectivity index (χ1) is 8.13. The van der Waals surface area contributed by atoms with Gasteiger partial charge in [-0.25, -0.2) is 9.50 Å². The lowest BCUT2D eigenvalue weighted by molar-refractivity contribution is -0.164. The second-order valence-electron chi connectivity index (χ2n) is 4.25. The summed E-state index contributed by atoms with van der Waals surface area (Å²) in [6, 6.07) is 5.57. The van der Waals surface area contributed by atoms with Crippen LogP contribution in [-0.2, 0) is 14.9 Å². The Labute approximate surface area is 96.8 Å². The molecule has 0 atom stereocenters. The number of carboxylic acids is 1. The average Bonchev–Trinajstić information content (AvgIpc) is 2.60. The van der Waals surface area contributed by atoms with E-state index in [4.69, 9.17) is 4.74 Å². The number of carbonyl (C=O) groups is 1. The van der Waals surface area contributed by atoms with Crippen LogP contribution in [-0.4, -0.2) is 38.9 Å². The molecule has 1 aliphatic rings. The maximum absolute atomic E-state index is 11.3. The number of hydrogen-bond donors (Lipinski definition) is 1. The molecule has 3 rings (SSSR count). The molecule has 0 aromatic carbocycles. The van der Waals surface area contributed by atoms with E-state index < -0.39 is 11.4 Å². The summed E-state index contributed by atoms with van der Waals surface area (Å²) in [5.41, 5.74) is 0.507. The molecule has 0 spiro atoms. The summed E-state index contributed by atoms with van der Waals surface area (Å²) in [7, 11) is 0. The summed E-state index contributed by atoms with van der Waals surface area (Å²) < 4.78 is 6.66. The van der Waals surface area contributed by atoms with Crippen molar-refractivity contribution in [1.82, 2.24) is 14.6 Å². The Kier molecular flexibility index (Phi) is 1.97. The van der Waals surface area contributed by atoms with Gasteiger partial charge in [0.05, 0.1) is 13.2 Å². The third-order valence-corrected chi connectivity index (χ3v) is 3.08. The number of hydrogen-bond acceptors (Lipinski definition) is 4. The molecule has 2 aromatic rings. The average molecular weight is 233 g/mol. The third kappa shape index (κ3) is 1.27. The Bertz CT molecular complexity index is 601. The van der Waals surface area contributed by atoms with E-state index in [2.05, 4.69) is 10.1 Å². The van der Waals surface area contributed by atoms with Crippen molar-refractivity contribution >= 4 is 11.6 Å². The van der Waals surface area contributed by atoms with Gasteiger partial charge >= 0.3 is 5.97 Å². The number of aliphatic carboxylic acids is 1. The first-order valence-electron chi connectivity index (χ1n) is 5.27. The van der Waals surface area contributed by atoms with Gasteiger partial charge in [-0.15, -0.1) is 5.10 Å². The van der Waals surface area contributed by atoms with Crippen LogP contribution < -0.4 is 0 Å². The zero-order valence-corrected chi connectivity index (χ0v) is 9.25. The highest BCUT2D eigenvalue weighted by Gasteiger charge is 2.51. The Morgan fingerprint density at radius 3 is 2.82 bits per heavy atom. The summed E-state index contributed by atoms with van der Waals surface area (Å²) in [4.78, 5) is 15.6. The number of rotatable bonds is 2. The van der Waals surface area contributed by atoms with Gasteiger partial charge in [0.2, 0.25) is 0 Å². The van der Waals surface area contributed by atoms with Gasteiger partial charge < -0.3 is 9.84 Å². The van der Waals surface area contributed by atoms with Crippen LogP contribution in [0.25, 0.3) is 5.65 Å². The molecule has 0 bridgehead atoms. The molecule has 0 unspecified atom stereocenters. The first-order valence-corrected chi connectivity index (χ1v) is 5.27. The molecule has 2 aromatic heterocycles. The van der Waals surface area contributed by atoms with Crippen LogP contribution in [0.5, 0.6) is 0 Å². The molecule has 1 N–H and O–H groups in total. The van der Waals surface area contributed by atoms with Crippen LogP contribution in [0.1, 0.15) is 11.5 Å². The van der Waals surface area contributed by atoms with Gasteiger partial charge in [-0.2, -0.15) is 0 Å². The number of fused-ring (bicyclic) bond motifs is 1. The van der Waals surface area contributed by atoms with Crippen LogP contribution in [0.15, 0.2) is 18.2 Å². The minimum atomic E-state index is -1.07. The van der Waals surface area contributed by atoms with Gasteiger partial charge in [-0.1, -0.05) is 6.07 Å². The largest absolute Gasteiger partial charge is 0.480 e. The molecule has 1 fully saturated rings. The molecule has 0 amide bonds. The van der Waals surface area contributed by atoms with Crippen LogP contribution in [0.3, 0.4) is 0 Å². The fourth-order valence-corrected chi connectivity index (χ4v) is 1.89. The van der Waals surface area contributed by atoms with Crippen molar-refractivity contribution in [3.8, 4) is 0 Å². The van der Waals surface area contributed by atoms with E-state index in [1.807, 2.05) is 19.1 Å². The van der Waals surface area contributed by atoms with E-state index in [9.17, 15) is 9.90 Å². The van der Waals surface area contributed by atoms with Gasteiger partial charge in [-0.05, 0) is 19.1 Å². The number of nitrogens with zero attached hydrogens (tertiary/aromatic N) is 3. The number of pyridine rings is 1. The van der Waals surface area contributed by atoms with Crippen LogP contribution >= 0.6 is 0 Å². The van der Waals surface area contributed by atoms with Crippen LogP contribution in [0.2, 0.25) is 0 Å². The second-order valence-corrected chi connectivity index (χ2v) is 4.25. The van der Waals surface area contributed by atoms with E-state index in [-0.39, 0.29) is 13.2 Å². The molecule has 3 heterocycles. The van der Waals surface area contributed by atoms with Crippen LogP contribution in [0.4, 0.5) is 0 Å².